The van der Waals surface area contributed by atoms with Gasteiger partial charge in [-0.3, -0.25) is 18.6 Å². The summed E-state index contributed by atoms with van der Waals surface area (Å²) in [7, 11) is -4.40. The van der Waals surface area contributed by atoms with Crippen LogP contribution in [0.2, 0.25) is 0 Å². The first-order valence-corrected chi connectivity index (χ1v) is 22.7. The summed E-state index contributed by atoms with van der Waals surface area (Å²) >= 11 is 0. The molecule has 0 aromatic rings. The molecule has 3 atom stereocenters. The Morgan fingerprint density at radius 1 is 0.648 bits per heavy atom. The highest BCUT2D eigenvalue weighted by molar-refractivity contribution is 7.47. The number of hydrogen-bond acceptors (Lipinski definition) is 9. The van der Waals surface area contributed by atoms with Crippen LogP contribution in [0.3, 0.4) is 0 Å². The summed E-state index contributed by atoms with van der Waals surface area (Å²) in [4.78, 5) is 34.8. The van der Waals surface area contributed by atoms with Crippen LogP contribution in [0.4, 0.5) is 0 Å². The molecular formula is C43H78NO9P. The van der Waals surface area contributed by atoms with Crippen molar-refractivity contribution in [3.05, 3.63) is 48.6 Å². The van der Waals surface area contributed by atoms with E-state index in [1.54, 1.807) is 0 Å². The monoisotopic (exact) mass is 784 g/mol. The molecule has 0 saturated carbocycles. The number of rotatable bonds is 39. The van der Waals surface area contributed by atoms with Crippen LogP contribution in [0.1, 0.15) is 174 Å². The predicted octanol–water partition coefficient (Wildman–Crippen LogP) is 10.9. The Hall–Kier alpha value is -2.07. The maximum Gasteiger partial charge on any atom is 0.472 e. The number of phosphoric acid groups is 1. The minimum absolute atomic E-state index is 0.0366. The number of carbonyl (C=O) groups is 2. The molecule has 4 N–H and O–H groups in total. The van der Waals surface area contributed by atoms with Crippen LogP contribution in [-0.2, 0) is 32.7 Å². The van der Waals surface area contributed by atoms with Gasteiger partial charge in [0.2, 0.25) is 0 Å². The minimum Gasteiger partial charge on any atom is -0.462 e. The maximum absolute atomic E-state index is 12.5. The topological polar surface area (TPSA) is 155 Å². The molecule has 0 saturated heterocycles. The average molecular weight is 784 g/mol. The Bertz CT molecular complexity index is 1050. The summed E-state index contributed by atoms with van der Waals surface area (Å²) in [6, 6.07) is 0. The first-order chi connectivity index (χ1) is 26.2. The van der Waals surface area contributed by atoms with Gasteiger partial charge in [-0.25, -0.2) is 4.57 Å². The number of ether oxygens (including phenoxy) is 2. The van der Waals surface area contributed by atoms with Gasteiger partial charge in [-0.1, -0.05) is 172 Å². The number of esters is 2. The van der Waals surface area contributed by atoms with E-state index in [-0.39, 0.29) is 38.7 Å². The summed E-state index contributed by atoms with van der Waals surface area (Å²) in [5.41, 5.74) is 5.33. The van der Waals surface area contributed by atoms with Gasteiger partial charge in [0.25, 0.3) is 0 Å². The van der Waals surface area contributed by atoms with Crippen LogP contribution in [0.25, 0.3) is 0 Å². The Kier molecular flexibility index (Phi) is 37.7. The smallest absolute Gasteiger partial charge is 0.462 e. The van der Waals surface area contributed by atoms with E-state index in [4.69, 9.17) is 24.3 Å². The van der Waals surface area contributed by atoms with Crippen LogP contribution < -0.4 is 5.73 Å². The third-order valence-corrected chi connectivity index (χ3v) is 9.81. The number of carbonyl (C=O) groups excluding carboxylic acids is 2. The van der Waals surface area contributed by atoms with Crippen molar-refractivity contribution < 1.29 is 42.7 Å². The largest absolute Gasteiger partial charge is 0.472 e. The van der Waals surface area contributed by atoms with Gasteiger partial charge in [0, 0.05) is 19.4 Å². The lowest BCUT2D eigenvalue weighted by Crippen LogP contribution is -2.29. The molecule has 0 fully saturated rings. The second kappa shape index (κ2) is 39.2. The molecular weight excluding hydrogens is 705 g/mol. The number of unbranched alkanes of at least 4 members (excludes halogenated alkanes) is 17. The van der Waals surface area contributed by atoms with Crippen LogP contribution in [-0.4, -0.2) is 60.5 Å². The SMILES string of the molecule is CCCCCCCCCCCCCCCCCC(=O)OCC(COP(=O)(O)OCCN)OC(=O)CCCC=CCC=CCC=CC=CC(O)CCCCC. The lowest BCUT2D eigenvalue weighted by molar-refractivity contribution is -0.161. The minimum atomic E-state index is -4.40. The lowest BCUT2D eigenvalue weighted by Gasteiger charge is -2.19. The zero-order chi connectivity index (χ0) is 39.8. The van der Waals surface area contributed by atoms with Crippen molar-refractivity contribution in [2.75, 3.05) is 26.4 Å². The van der Waals surface area contributed by atoms with Gasteiger partial charge in [0.05, 0.1) is 19.3 Å². The van der Waals surface area contributed by atoms with Gasteiger partial charge < -0.3 is 25.2 Å². The fraction of sp³-hybridized carbons (Fsp3) is 0.767. The summed E-state index contributed by atoms with van der Waals surface area (Å²) in [5, 5.41) is 9.89. The van der Waals surface area contributed by atoms with Crippen molar-refractivity contribution >= 4 is 19.8 Å². The molecule has 3 unspecified atom stereocenters. The lowest BCUT2D eigenvalue weighted by atomic mass is 10.0. The predicted molar refractivity (Wildman–Crippen MR) is 221 cm³/mol. The fourth-order valence-corrected chi connectivity index (χ4v) is 6.38. The van der Waals surface area contributed by atoms with Gasteiger partial charge >= 0.3 is 19.8 Å². The van der Waals surface area contributed by atoms with Crippen molar-refractivity contribution in [3.63, 3.8) is 0 Å². The normalized spacial score (nSPS) is 14.4. The van der Waals surface area contributed by atoms with Crippen LogP contribution in [0.5, 0.6) is 0 Å². The van der Waals surface area contributed by atoms with Crippen LogP contribution in [0.15, 0.2) is 48.6 Å². The summed E-state index contributed by atoms with van der Waals surface area (Å²) in [6.07, 6.45) is 40.4. The number of aliphatic hydroxyl groups is 1. The first kappa shape index (κ1) is 51.9. The average Bonchev–Trinajstić information content (AvgIpc) is 3.15. The van der Waals surface area contributed by atoms with E-state index in [0.717, 1.165) is 57.8 Å². The maximum atomic E-state index is 12.5. The Balaban J connectivity index is 4.31. The van der Waals surface area contributed by atoms with Gasteiger partial charge in [-0.15, -0.1) is 0 Å². The van der Waals surface area contributed by atoms with Crippen molar-refractivity contribution in [3.8, 4) is 0 Å². The zero-order valence-corrected chi connectivity index (χ0v) is 35.0. The molecule has 314 valence electrons. The molecule has 0 aromatic heterocycles. The van der Waals surface area contributed by atoms with E-state index in [1.807, 2.05) is 36.5 Å². The number of nitrogens with two attached hydrogens (primary N) is 1. The molecule has 0 radical (unpaired) electrons. The molecule has 0 aliphatic rings. The molecule has 0 bridgehead atoms. The van der Waals surface area contributed by atoms with E-state index in [2.05, 4.69) is 26.0 Å². The first-order valence-electron chi connectivity index (χ1n) is 21.2. The summed E-state index contributed by atoms with van der Waals surface area (Å²) in [6.45, 7) is 3.53. The highest BCUT2D eigenvalue weighted by Crippen LogP contribution is 2.43. The number of allylic oxidation sites excluding steroid dienone is 7. The Morgan fingerprint density at radius 3 is 1.80 bits per heavy atom. The number of phosphoric ester groups is 1. The van der Waals surface area contributed by atoms with Crippen molar-refractivity contribution in [1.82, 2.24) is 0 Å². The summed E-state index contributed by atoms with van der Waals surface area (Å²) < 4.78 is 32.7. The van der Waals surface area contributed by atoms with Crippen LogP contribution >= 0.6 is 7.82 Å². The molecule has 0 heterocycles. The molecule has 10 nitrogen and oxygen atoms in total. The van der Waals surface area contributed by atoms with E-state index in [0.29, 0.717) is 12.8 Å². The van der Waals surface area contributed by atoms with Gasteiger partial charge in [-0.05, 0) is 38.5 Å². The Morgan fingerprint density at radius 2 is 1.19 bits per heavy atom. The number of hydrogen-bond donors (Lipinski definition) is 3. The zero-order valence-electron chi connectivity index (χ0n) is 34.1. The van der Waals surface area contributed by atoms with E-state index in [1.165, 1.54) is 77.0 Å². The molecule has 11 heteroatoms. The standard InChI is InChI=1S/C43H78NO9P/c1-3-5-7-8-9-10-11-12-13-14-17-20-23-26-30-34-42(46)50-38-41(39-52-54(48,49)51-37-36-44)53-43(47)35-31-27-24-21-18-15-16-19-22-25-29-33-40(45)32-28-6-4-2/h15-16,21-22,24-25,29,33,40-41,45H,3-14,17-20,23,26-28,30-32,34-39,44H2,1-2H3,(H,48,49). The molecule has 0 spiro atoms. The van der Waals surface area contributed by atoms with Gasteiger partial charge in [-0.2, -0.15) is 0 Å². The molecule has 0 aliphatic carbocycles. The highest BCUT2D eigenvalue weighted by Gasteiger charge is 2.25. The quantitative estimate of drug-likeness (QED) is 0.0180. The second-order valence-corrected chi connectivity index (χ2v) is 15.5. The van der Waals surface area contributed by atoms with Crippen molar-refractivity contribution in [2.45, 2.75) is 187 Å². The van der Waals surface area contributed by atoms with Crippen molar-refractivity contribution in [1.29, 1.82) is 0 Å². The molecule has 0 aliphatic heterocycles. The molecule has 0 rings (SSSR count). The second-order valence-electron chi connectivity index (χ2n) is 14.1. The number of aliphatic hydroxyl groups excluding tert-OH is 1. The van der Waals surface area contributed by atoms with E-state index in [9.17, 15) is 24.2 Å². The highest BCUT2D eigenvalue weighted by atomic mass is 31.2. The summed E-state index contributed by atoms with van der Waals surface area (Å²) in [5.74, 6) is -0.919. The van der Waals surface area contributed by atoms with Crippen LogP contribution in [0, 0.1) is 0 Å². The third-order valence-electron chi connectivity index (χ3n) is 8.82. The molecule has 54 heavy (non-hydrogen) atoms. The van der Waals surface area contributed by atoms with Crippen molar-refractivity contribution in [2.24, 2.45) is 5.73 Å². The van der Waals surface area contributed by atoms with E-state index >= 15 is 0 Å². The van der Waals surface area contributed by atoms with Gasteiger partial charge in [0.15, 0.2) is 6.10 Å². The fourth-order valence-electron chi connectivity index (χ4n) is 5.62. The molecule has 0 amide bonds. The molecule has 0 aromatic carbocycles. The van der Waals surface area contributed by atoms with Gasteiger partial charge in [0.1, 0.15) is 6.61 Å². The Labute approximate surface area is 329 Å². The third kappa shape index (κ3) is 38.2. The van der Waals surface area contributed by atoms with E-state index < -0.39 is 32.5 Å².